The molecule has 31 heavy (non-hydrogen) atoms. The van der Waals surface area contributed by atoms with Crippen molar-refractivity contribution < 1.29 is 0 Å². The Kier molecular flexibility index (Phi) is 4.97. The minimum Gasteiger partial charge on any atom is -0.328 e. The molecule has 1 aliphatic carbocycles. The van der Waals surface area contributed by atoms with Gasteiger partial charge in [-0.05, 0) is 31.4 Å². The highest BCUT2D eigenvalue weighted by molar-refractivity contribution is 7.99. The van der Waals surface area contributed by atoms with Gasteiger partial charge in [0, 0.05) is 50.4 Å². The summed E-state index contributed by atoms with van der Waals surface area (Å²) >= 11 is 1.60. The zero-order valence-corrected chi connectivity index (χ0v) is 18.1. The van der Waals surface area contributed by atoms with Gasteiger partial charge in [0.25, 0.3) is 5.56 Å². The zero-order chi connectivity index (χ0) is 21.5. The van der Waals surface area contributed by atoms with E-state index in [2.05, 4.69) is 24.7 Å². The summed E-state index contributed by atoms with van der Waals surface area (Å²) in [7, 11) is 3.40. The van der Waals surface area contributed by atoms with Crippen LogP contribution in [0.15, 0.2) is 45.6 Å². The fourth-order valence-corrected chi connectivity index (χ4v) is 4.64. The maximum Gasteiger partial charge on any atom is 0.332 e. The Labute approximate surface area is 181 Å². The van der Waals surface area contributed by atoms with Crippen LogP contribution in [0.25, 0.3) is 22.6 Å². The molecular weight excluding hydrogens is 416 g/mol. The van der Waals surface area contributed by atoms with Crippen molar-refractivity contribution in [2.45, 2.75) is 37.0 Å². The predicted molar refractivity (Wildman–Crippen MR) is 117 cm³/mol. The summed E-state index contributed by atoms with van der Waals surface area (Å²) in [5.74, 6) is 1.56. The molecule has 0 atom stereocenters. The lowest BCUT2D eigenvalue weighted by atomic mass is 10.3. The van der Waals surface area contributed by atoms with E-state index >= 15 is 0 Å². The second-order valence-electron chi connectivity index (χ2n) is 7.68. The van der Waals surface area contributed by atoms with Crippen molar-refractivity contribution in [1.29, 1.82) is 0 Å². The van der Waals surface area contributed by atoms with Crippen LogP contribution in [0, 0.1) is 0 Å². The quantitative estimate of drug-likeness (QED) is 0.319. The summed E-state index contributed by atoms with van der Waals surface area (Å²) in [4.78, 5) is 33.8. The van der Waals surface area contributed by atoms with Crippen LogP contribution >= 0.6 is 11.8 Å². The Hall–Kier alpha value is -3.21. The number of hydrogen-bond donors (Lipinski definition) is 0. The molecule has 0 aliphatic heterocycles. The first-order valence-electron chi connectivity index (χ1n) is 10.1. The molecule has 0 aromatic carbocycles. The van der Waals surface area contributed by atoms with Gasteiger partial charge >= 0.3 is 5.69 Å². The van der Waals surface area contributed by atoms with Crippen molar-refractivity contribution in [2.24, 2.45) is 14.1 Å². The number of hydrogen-bond acceptors (Lipinski definition) is 7. The van der Waals surface area contributed by atoms with E-state index in [1.54, 1.807) is 49.1 Å². The molecule has 0 bridgehead atoms. The van der Waals surface area contributed by atoms with E-state index in [1.165, 1.54) is 9.13 Å². The monoisotopic (exact) mass is 438 g/mol. The van der Waals surface area contributed by atoms with Crippen molar-refractivity contribution in [2.75, 3.05) is 5.75 Å². The normalized spacial score (nSPS) is 13.9. The van der Waals surface area contributed by atoms with Crippen molar-refractivity contribution in [3.8, 4) is 11.4 Å². The number of thioether (sulfide) groups is 1. The summed E-state index contributed by atoms with van der Waals surface area (Å²) in [5.41, 5.74) is 1.14. The van der Waals surface area contributed by atoms with Gasteiger partial charge in [-0.1, -0.05) is 11.8 Å². The molecule has 5 rings (SSSR count). The fraction of sp³-hybridized carbons (Fsp3) is 0.400. The van der Waals surface area contributed by atoms with Gasteiger partial charge in [0.2, 0.25) is 0 Å². The van der Waals surface area contributed by atoms with Crippen molar-refractivity contribution >= 4 is 22.9 Å². The predicted octanol–water partition coefficient (Wildman–Crippen LogP) is 1.60. The van der Waals surface area contributed by atoms with Gasteiger partial charge in [0.05, 0.1) is 6.33 Å². The van der Waals surface area contributed by atoms with E-state index in [9.17, 15) is 9.59 Å². The topological polar surface area (TPSA) is 105 Å². The van der Waals surface area contributed by atoms with Gasteiger partial charge in [-0.15, -0.1) is 10.2 Å². The number of fused-ring (bicyclic) bond motifs is 1. The molecule has 0 radical (unpaired) electrons. The number of aryl methyl sites for hydroxylation is 2. The zero-order valence-electron chi connectivity index (χ0n) is 17.3. The highest BCUT2D eigenvalue weighted by Gasteiger charge is 2.30. The Morgan fingerprint density at radius 3 is 2.77 bits per heavy atom. The van der Waals surface area contributed by atoms with Gasteiger partial charge in [-0.25, -0.2) is 9.78 Å². The maximum atomic E-state index is 12.8. The molecule has 0 spiro atoms. The molecule has 160 valence electrons. The smallest absolute Gasteiger partial charge is 0.328 e. The summed E-state index contributed by atoms with van der Waals surface area (Å²) in [6.07, 6.45) is 7.99. The molecule has 0 saturated heterocycles. The van der Waals surface area contributed by atoms with E-state index in [0.29, 0.717) is 30.2 Å². The highest BCUT2D eigenvalue weighted by Crippen LogP contribution is 2.41. The molecule has 1 aliphatic rings. The summed E-state index contributed by atoms with van der Waals surface area (Å²) in [6, 6.07) is 4.31. The molecule has 10 nitrogen and oxygen atoms in total. The minimum absolute atomic E-state index is 0.303. The second-order valence-corrected chi connectivity index (χ2v) is 8.74. The van der Waals surface area contributed by atoms with Crippen LogP contribution in [0.4, 0.5) is 0 Å². The number of imidazole rings is 1. The van der Waals surface area contributed by atoms with E-state index in [1.807, 2.05) is 12.1 Å². The number of nitrogens with zero attached hydrogens (tertiary/aromatic N) is 8. The lowest BCUT2D eigenvalue weighted by molar-refractivity contribution is 0.593. The summed E-state index contributed by atoms with van der Waals surface area (Å²) < 4.78 is 6.56. The van der Waals surface area contributed by atoms with Crippen LogP contribution in [0.5, 0.6) is 0 Å². The number of aromatic nitrogens is 8. The third-order valence-corrected chi connectivity index (χ3v) is 6.48. The molecule has 1 saturated carbocycles. The standard InChI is InChI=1S/C20H22N8O2S/c1-25-12-22-17-15(25)18(29)27(20(30)26(17)2)9-4-10-31-19-24-23-16(28(19)14-6-7-14)13-5-3-8-21-11-13/h3,5,8,11-12,14H,4,6-7,9-10H2,1-2H3. The van der Waals surface area contributed by atoms with Crippen LogP contribution in [-0.2, 0) is 20.6 Å². The average Bonchev–Trinajstić information content (AvgIpc) is 3.41. The first-order valence-corrected chi connectivity index (χ1v) is 11.1. The van der Waals surface area contributed by atoms with E-state index in [-0.39, 0.29) is 11.2 Å². The summed E-state index contributed by atoms with van der Waals surface area (Å²) in [5, 5.41) is 9.66. The molecule has 4 aromatic heterocycles. The van der Waals surface area contributed by atoms with Crippen LogP contribution in [0.3, 0.4) is 0 Å². The van der Waals surface area contributed by atoms with Gasteiger partial charge in [0.1, 0.15) is 0 Å². The SMILES string of the molecule is Cn1cnc2c1c(=O)n(CCCSc1nnc(-c3cccnc3)n1C1CC1)c(=O)n2C. The second kappa shape index (κ2) is 7.80. The lowest BCUT2D eigenvalue weighted by Gasteiger charge is -2.10. The Bertz CT molecular complexity index is 1360. The number of pyridine rings is 1. The molecule has 11 heteroatoms. The van der Waals surface area contributed by atoms with Gasteiger partial charge in [-0.3, -0.25) is 23.5 Å². The third-order valence-electron chi connectivity index (χ3n) is 5.45. The molecule has 4 heterocycles. The van der Waals surface area contributed by atoms with Gasteiger partial charge in [0.15, 0.2) is 22.1 Å². The molecule has 1 fully saturated rings. The number of rotatable bonds is 7. The van der Waals surface area contributed by atoms with Crippen molar-refractivity contribution in [3.63, 3.8) is 0 Å². The van der Waals surface area contributed by atoms with Crippen molar-refractivity contribution in [3.05, 3.63) is 51.7 Å². The van der Waals surface area contributed by atoms with Crippen LogP contribution < -0.4 is 11.2 Å². The van der Waals surface area contributed by atoms with E-state index in [4.69, 9.17) is 0 Å². The van der Waals surface area contributed by atoms with Crippen molar-refractivity contribution in [1.82, 2.24) is 38.4 Å². The molecule has 4 aromatic rings. The lowest BCUT2D eigenvalue weighted by Crippen LogP contribution is -2.39. The van der Waals surface area contributed by atoms with Crippen LogP contribution in [0.2, 0.25) is 0 Å². The first kappa shape index (κ1) is 19.7. The summed E-state index contributed by atoms with van der Waals surface area (Å²) in [6.45, 7) is 0.340. The first-order chi connectivity index (χ1) is 15.1. The minimum atomic E-state index is -0.346. The average molecular weight is 439 g/mol. The maximum absolute atomic E-state index is 12.8. The highest BCUT2D eigenvalue weighted by atomic mass is 32.2. The Morgan fingerprint density at radius 2 is 2.03 bits per heavy atom. The van der Waals surface area contributed by atoms with E-state index in [0.717, 1.165) is 35.1 Å². The van der Waals surface area contributed by atoms with Crippen LogP contribution in [-0.4, -0.2) is 44.2 Å². The van der Waals surface area contributed by atoms with Gasteiger partial charge in [-0.2, -0.15) is 0 Å². The fourth-order valence-electron chi connectivity index (χ4n) is 3.71. The Balaban J connectivity index is 1.33. The van der Waals surface area contributed by atoms with Crippen LogP contribution in [0.1, 0.15) is 25.3 Å². The van der Waals surface area contributed by atoms with Gasteiger partial charge < -0.3 is 4.57 Å². The third kappa shape index (κ3) is 3.48. The van der Waals surface area contributed by atoms with E-state index < -0.39 is 0 Å². The molecule has 0 unspecified atom stereocenters. The largest absolute Gasteiger partial charge is 0.332 e. The molecule has 0 amide bonds. The Morgan fingerprint density at radius 1 is 1.19 bits per heavy atom. The molecule has 0 N–H and O–H groups in total. The molecular formula is C20H22N8O2S.